The number of aliphatic hydroxyl groups is 1. The molecule has 0 aromatic heterocycles. The van der Waals surface area contributed by atoms with Gasteiger partial charge in [-0.2, -0.15) is 0 Å². The molecule has 2 aromatic carbocycles. The number of hydrogen-bond donors (Lipinski definition) is 1. The van der Waals surface area contributed by atoms with Gasteiger partial charge in [0.05, 0.1) is 10.9 Å². The quantitative estimate of drug-likeness (QED) is 0.191. The minimum absolute atomic E-state index is 0.0612. The lowest BCUT2D eigenvalue weighted by atomic mass is 9.78. The SMILES string of the molecule is CC1=CC23CCCN2CCc2cc4c(cc2C3C1Cl)OCO4.CCC(O)(CC(C)C)C(=O)OC1C(C)C=C2c3cc4c(cc3CCN3CCCC213)OCO4. The number of benzene rings is 2. The number of nitrogens with zero attached hydrogens (tertiary/aromatic N) is 2. The molecule has 0 radical (unpaired) electrons. The van der Waals surface area contributed by atoms with Crippen LogP contribution in [0.4, 0.5) is 0 Å². The zero-order valence-corrected chi connectivity index (χ0v) is 33.2. The maximum Gasteiger partial charge on any atom is 0.338 e. The summed E-state index contributed by atoms with van der Waals surface area (Å²) in [5.74, 6) is 3.51. The molecule has 6 aliphatic heterocycles. The van der Waals surface area contributed by atoms with Gasteiger partial charge in [0.2, 0.25) is 13.6 Å². The summed E-state index contributed by atoms with van der Waals surface area (Å²) in [4.78, 5) is 18.5. The fourth-order valence-electron chi connectivity index (χ4n) is 11.4. The molecule has 0 saturated carbocycles. The van der Waals surface area contributed by atoms with E-state index in [0.29, 0.717) is 25.6 Å². The second-order valence-corrected chi connectivity index (χ2v) is 17.9. The highest BCUT2D eigenvalue weighted by atomic mass is 35.5. The lowest BCUT2D eigenvalue weighted by Crippen LogP contribution is -2.56. The Bertz CT molecular complexity index is 1910. The Kier molecular flexibility index (Phi) is 9.07. The number of fused-ring (bicyclic) bond motifs is 6. The van der Waals surface area contributed by atoms with Crippen LogP contribution in [0.25, 0.3) is 5.57 Å². The molecule has 0 amide bonds. The van der Waals surface area contributed by atoms with Crippen molar-refractivity contribution in [3.8, 4) is 23.0 Å². The van der Waals surface area contributed by atoms with E-state index < -0.39 is 11.6 Å². The zero-order valence-electron chi connectivity index (χ0n) is 32.4. The van der Waals surface area contributed by atoms with Crippen molar-refractivity contribution in [1.29, 1.82) is 0 Å². The average Bonchev–Trinajstić information content (AvgIpc) is 4.00. The van der Waals surface area contributed by atoms with Gasteiger partial charge in [-0.05, 0) is 129 Å². The number of allylic oxidation sites excluding steroid dienone is 1. The first-order valence-electron chi connectivity index (χ1n) is 20.3. The highest BCUT2D eigenvalue weighted by molar-refractivity contribution is 6.23. The van der Waals surface area contributed by atoms with Gasteiger partial charge in [0.1, 0.15) is 6.10 Å². The fraction of sp³-hybridized carbons (Fsp3) is 0.614. The Morgan fingerprint density at radius 3 is 2.30 bits per heavy atom. The van der Waals surface area contributed by atoms with Crippen molar-refractivity contribution in [1.82, 2.24) is 9.80 Å². The Morgan fingerprint density at radius 1 is 0.944 bits per heavy atom. The highest BCUT2D eigenvalue weighted by Gasteiger charge is 2.59. The number of ether oxygens (including phenoxy) is 5. The number of halogens is 1. The van der Waals surface area contributed by atoms with E-state index in [2.05, 4.69) is 60.1 Å². The lowest BCUT2D eigenvalue weighted by Gasteiger charge is -2.43. The molecular formula is C44H55ClN2O7. The van der Waals surface area contributed by atoms with Crippen molar-refractivity contribution in [3.63, 3.8) is 0 Å². The lowest BCUT2D eigenvalue weighted by molar-refractivity contribution is -0.180. The number of alkyl halides is 1. The average molecular weight is 759 g/mol. The van der Waals surface area contributed by atoms with Crippen molar-refractivity contribution in [2.75, 3.05) is 39.8 Å². The van der Waals surface area contributed by atoms with Crippen LogP contribution >= 0.6 is 11.6 Å². The Balaban J connectivity index is 0.000000152. The Morgan fingerprint density at radius 2 is 1.57 bits per heavy atom. The molecule has 54 heavy (non-hydrogen) atoms. The van der Waals surface area contributed by atoms with Crippen LogP contribution in [0.2, 0.25) is 0 Å². The molecule has 0 bridgehead atoms. The van der Waals surface area contributed by atoms with Gasteiger partial charge >= 0.3 is 5.97 Å². The normalized spacial score (nSPS) is 32.4. The Hall–Kier alpha value is -3.24. The van der Waals surface area contributed by atoms with E-state index in [4.69, 9.17) is 35.3 Å². The van der Waals surface area contributed by atoms with Crippen molar-refractivity contribution in [2.24, 2.45) is 11.8 Å². The second-order valence-electron chi connectivity index (χ2n) is 17.4. The molecule has 2 fully saturated rings. The maximum absolute atomic E-state index is 13.3. The summed E-state index contributed by atoms with van der Waals surface area (Å²) in [6, 6.07) is 8.63. The molecule has 9 nitrogen and oxygen atoms in total. The van der Waals surface area contributed by atoms with Crippen LogP contribution in [0.15, 0.2) is 42.0 Å². The molecule has 10 rings (SSSR count). The third-order valence-electron chi connectivity index (χ3n) is 13.8. The molecule has 1 N–H and O–H groups in total. The first-order chi connectivity index (χ1) is 26.0. The summed E-state index contributed by atoms with van der Waals surface area (Å²) in [7, 11) is 0. The number of carbonyl (C=O) groups excluding carboxylic acids is 1. The van der Waals surface area contributed by atoms with E-state index in [-0.39, 0.29) is 41.2 Å². The van der Waals surface area contributed by atoms with Gasteiger partial charge in [-0.3, -0.25) is 9.80 Å². The molecule has 290 valence electrons. The van der Waals surface area contributed by atoms with Crippen LogP contribution in [0.5, 0.6) is 23.0 Å². The smallest absolute Gasteiger partial charge is 0.338 e. The van der Waals surface area contributed by atoms with Crippen molar-refractivity contribution < 1.29 is 33.6 Å². The third kappa shape index (κ3) is 5.53. The summed E-state index contributed by atoms with van der Waals surface area (Å²) in [5, 5.41) is 11.2. The first kappa shape index (κ1) is 36.4. The topological polar surface area (TPSA) is 89.9 Å². The number of carbonyl (C=O) groups is 1. The van der Waals surface area contributed by atoms with Crippen molar-refractivity contribution >= 4 is 23.1 Å². The molecule has 2 aliphatic carbocycles. The molecule has 7 atom stereocenters. The molecule has 6 heterocycles. The minimum Gasteiger partial charge on any atom is -0.457 e. The van der Waals surface area contributed by atoms with E-state index in [1.807, 2.05) is 20.8 Å². The van der Waals surface area contributed by atoms with Gasteiger partial charge in [0, 0.05) is 30.5 Å². The predicted molar refractivity (Wildman–Crippen MR) is 207 cm³/mol. The number of hydrogen-bond acceptors (Lipinski definition) is 9. The van der Waals surface area contributed by atoms with Crippen LogP contribution in [0, 0.1) is 11.8 Å². The van der Waals surface area contributed by atoms with Gasteiger partial charge in [-0.15, -0.1) is 11.6 Å². The van der Waals surface area contributed by atoms with E-state index >= 15 is 0 Å². The van der Waals surface area contributed by atoms with Gasteiger partial charge < -0.3 is 28.8 Å². The molecular weight excluding hydrogens is 704 g/mol. The van der Waals surface area contributed by atoms with E-state index in [1.165, 1.54) is 52.8 Å². The third-order valence-corrected chi connectivity index (χ3v) is 14.4. The summed E-state index contributed by atoms with van der Waals surface area (Å²) in [5.41, 5.74) is 6.12. The van der Waals surface area contributed by atoms with E-state index in [9.17, 15) is 9.90 Å². The molecule has 2 aromatic rings. The fourth-order valence-corrected chi connectivity index (χ4v) is 11.9. The highest BCUT2D eigenvalue weighted by Crippen LogP contribution is 2.57. The predicted octanol–water partition coefficient (Wildman–Crippen LogP) is 7.40. The number of rotatable bonds is 5. The van der Waals surface area contributed by atoms with Gasteiger partial charge in [0.25, 0.3) is 0 Å². The summed E-state index contributed by atoms with van der Waals surface area (Å²) in [6.07, 6.45) is 11.7. The molecule has 2 saturated heterocycles. The molecule has 8 aliphatic rings. The van der Waals surface area contributed by atoms with Crippen LogP contribution in [0.3, 0.4) is 0 Å². The van der Waals surface area contributed by atoms with Crippen molar-refractivity contribution in [3.05, 3.63) is 64.2 Å². The van der Waals surface area contributed by atoms with Crippen LogP contribution < -0.4 is 18.9 Å². The van der Waals surface area contributed by atoms with Crippen LogP contribution in [-0.4, -0.2) is 88.8 Å². The largest absolute Gasteiger partial charge is 0.457 e. The molecule has 10 heteroatoms. The second kappa shape index (κ2) is 13.5. The first-order valence-corrected chi connectivity index (χ1v) is 20.8. The summed E-state index contributed by atoms with van der Waals surface area (Å²) >= 11 is 6.88. The Labute approximate surface area is 324 Å². The zero-order chi connectivity index (χ0) is 37.6. The monoisotopic (exact) mass is 758 g/mol. The summed E-state index contributed by atoms with van der Waals surface area (Å²) in [6.45, 7) is 15.0. The van der Waals surface area contributed by atoms with Gasteiger partial charge in [-0.1, -0.05) is 45.4 Å². The van der Waals surface area contributed by atoms with Crippen LogP contribution in [-0.2, 0) is 22.4 Å². The van der Waals surface area contributed by atoms with Crippen LogP contribution in [0.1, 0.15) is 101 Å². The maximum atomic E-state index is 13.3. The number of esters is 1. The van der Waals surface area contributed by atoms with Gasteiger partial charge in [-0.25, -0.2) is 4.79 Å². The van der Waals surface area contributed by atoms with E-state index in [0.717, 1.165) is 68.3 Å². The standard InChI is InChI=1S/C26H35NO5.C18H20ClNO2/c1-5-25(29,14-16(2)3)24(28)32-23-17(4)11-20-19-13-22-21(30-15-31-22)12-18(19)7-10-27-9-6-8-26(20,23)27;1-11-9-18-4-2-5-20(18)6-3-12-7-14-15(22-10-21-14)8-13(12)16(18)17(11)19/h11-13,16-17,23,29H,5-10,14-15H2,1-4H3;7-9,16-17H,2-6,10H2,1H3. The summed E-state index contributed by atoms with van der Waals surface area (Å²) < 4.78 is 28.8. The van der Waals surface area contributed by atoms with E-state index in [1.54, 1.807) is 0 Å². The molecule has 2 spiro atoms. The minimum atomic E-state index is -1.44. The van der Waals surface area contributed by atoms with Crippen molar-refractivity contribution in [2.45, 2.75) is 120 Å². The molecule has 7 unspecified atom stereocenters. The van der Waals surface area contributed by atoms with Gasteiger partial charge in [0.15, 0.2) is 28.6 Å².